The van der Waals surface area contributed by atoms with Crippen molar-refractivity contribution < 1.29 is 4.39 Å². The fourth-order valence-corrected chi connectivity index (χ4v) is 1.40. The van der Waals surface area contributed by atoms with Crippen LogP contribution in [0.1, 0.15) is 13.3 Å². The average Bonchev–Trinajstić information content (AvgIpc) is 1.88. The van der Waals surface area contributed by atoms with Crippen LogP contribution in [0.15, 0.2) is 11.9 Å². The molecule has 1 heterocycles. The first kappa shape index (κ1) is 7.73. The summed E-state index contributed by atoms with van der Waals surface area (Å²) >= 11 is 0. The summed E-state index contributed by atoms with van der Waals surface area (Å²) in [5.74, 6) is 0.406. The van der Waals surface area contributed by atoms with Crippen molar-refractivity contribution >= 4 is 0 Å². The lowest BCUT2D eigenvalue weighted by atomic mass is 9.95. The van der Waals surface area contributed by atoms with E-state index in [1.54, 1.807) is 0 Å². The van der Waals surface area contributed by atoms with E-state index in [-0.39, 0.29) is 0 Å². The predicted octanol–water partition coefficient (Wildman–Crippen LogP) is 1.81. The van der Waals surface area contributed by atoms with E-state index in [4.69, 9.17) is 0 Å². The minimum Gasteiger partial charge on any atom is -0.305 e. The van der Waals surface area contributed by atoms with Crippen molar-refractivity contribution in [2.75, 3.05) is 20.1 Å². The van der Waals surface area contributed by atoms with Gasteiger partial charge in [0.25, 0.3) is 0 Å². The van der Waals surface area contributed by atoms with E-state index in [9.17, 15) is 4.39 Å². The third-order valence-corrected chi connectivity index (χ3v) is 2.14. The highest BCUT2D eigenvalue weighted by Gasteiger charge is 2.17. The fourth-order valence-electron chi connectivity index (χ4n) is 1.40. The summed E-state index contributed by atoms with van der Waals surface area (Å²) in [6.07, 6.45) is 1.67. The topological polar surface area (TPSA) is 3.24 Å². The summed E-state index contributed by atoms with van der Waals surface area (Å²) in [6, 6.07) is 0. The zero-order valence-electron chi connectivity index (χ0n) is 6.60. The second-order valence-electron chi connectivity index (χ2n) is 3.10. The predicted molar refractivity (Wildman–Crippen MR) is 40.5 cm³/mol. The molecule has 0 saturated carbocycles. The van der Waals surface area contributed by atoms with Crippen molar-refractivity contribution in [3.8, 4) is 0 Å². The van der Waals surface area contributed by atoms with Crippen molar-refractivity contribution in [2.45, 2.75) is 13.3 Å². The molecule has 58 valence electrons. The van der Waals surface area contributed by atoms with Gasteiger partial charge in [-0.3, -0.25) is 0 Å². The Morgan fingerprint density at radius 2 is 2.40 bits per heavy atom. The Balaban J connectivity index is 2.52. The smallest absolute Gasteiger partial charge is 0.0862 e. The minimum atomic E-state index is 0.406. The molecule has 1 saturated heterocycles. The van der Waals surface area contributed by atoms with Crippen LogP contribution in [0.2, 0.25) is 0 Å². The van der Waals surface area contributed by atoms with Crippen LogP contribution in [0.3, 0.4) is 0 Å². The molecule has 0 aromatic heterocycles. The summed E-state index contributed by atoms with van der Waals surface area (Å²) in [5, 5.41) is 0. The van der Waals surface area contributed by atoms with Crippen molar-refractivity contribution in [3.05, 3.63) is 11.9 Å². The maximum Gasteiger partial charge on any atom is 0.0862 e. The number of piperidine rings is 1. The van der Waals surface area contributed by atoms with Gasteiger partial charge >= 0.3 is 0 Å². The van der Waals surface area contributed by atoms with E-state index in [0.717, 1.165) is 31.4 Å². The molecule has 0 aromatic carbocycles. The second-order valence-corrected chi connectivity index (χ2v) is 3.10. The lowest BCUT2D eigenvalue weighted by Gasteiger charge is -2.28. The molecule has 10 heavy (non-hydrogen) atoms. The van der Waals surface area contributed by atoms with Crippen molar-refractivity contribution in [1.29, 1.82) is 0 Å². The lowest BCUT2D eigenvalue weighted by molar-refractivity contribution is 0.265. The first-order chi connectivity index (χ1) is 4.74. The molecule has 0 bridgehead atoms. The maximum absolute atomic E-state index is 12.1. The summed E-state index contributed by atoms with van der Waals surface area (Å²) in [7, 11) is 2.07. The van der Waals surface area contributed by atoms with E-state index in [2.05, 4.69) is 18.9 Å². The molecule has 1 nitrogen and oxygen atoms in total. The number of nitrogens with zero attached hydrogens (tertiary/aromatic N) is 1. The summed E-state index contributed by atoms with van der Waals surface area (Å²) < 4.78 is 12.1. The molecule has 0 unspecified atom stereocenters. The Kier molecular flexibility index (Phi) is 2.44. The Morgan fingerprint density at radius 3 is 2.90 bits per heavy atom. The Hall–Kier alpha value is -0.370. The Labute approximate surface area is 61.5 Å². The van der Waals surface area contributed by atoms with Gasteiger partial charge in [0, 0.05) is 13.1 Å². The molecule has 0 N–H and O–H groups in total. The largest absolute Gasteiger partial charge is 0.305 e. The van der Waals surface area contributed by atoms with Crippen molar-refractivity contribution in [3.63, 3.8) is 0 Å². The molecule has 0 radical (unpaired) electrons. The summed E-state index contributed by atoms with van der Waals surface area (Å²) in [6.45, 7) is 4.07. The molecule has 0 amide bonds. The van der Waals surface area contributed by atoms with Gasteiger partial charge in [0.15, 0.2) is 0 Å². The normalized spacial score (nSPS) is 33.1. The molecule has 0 aromatic rings. The van der Waals surface area contributed by atoms with Gasteiger partial charge in [0.1, 0.15) is 0 Å². The molecule has 1 rings (SSSR count). The summed E-state index contributed by atoms with van der Waals surface area (Å²) in [4.78, 5) is 2.23. The number of likely N-dealkylation sites (tertiary alicyclic amines) is 1. The van der Waals surface area contributed by atoms with Gasteiger partial charge in [-0.25, -0.2) is 4.39 Å². The average molecular weight is 143 g/mol. The highest BCUT2D eigenvalue weighted by Crippen LogP contribution is 2.20. The number of hydrogen-bond acceptors (Lipinski definition) is 1. The van der Waals surface area contributed by atoms with Crippen molar-refractivity contribution in [1.82, 2.24) is 4.90 Å². The quantitative estimate of drug-likeness (QED) is 0.500. The Bertz CT molecular complexity index is 142. The van der Waals surface area contributed by atoms with E-state index in [0.29, 0.717) is 5.92 Å². The van der Waals surface area contributed by atoms with Crippen LogP contribution in [0, 0.1) is 5.92 Å². The van der Waals surface area contributed by atoms with Gasteiger partial charge in [-0.1, -0.05) is 6.92 Å². The van der Waals surface area contributed by atoms with Crippen LogP contribution in [-0.4, -0.2) is 25.0 Å². The molecular formula is C8H14FN. The van der Waals surface area contributed by atoms with Crippen LogP contribution < -0.4 is 0 Å². The lowest BCUT2D eigenvalue weighted by Crippen LogP contribution is -2.32. The highest BCUT2D eigenvalue weighted by molar-refractivity contribution is 5.06. The molecule has 0 spiro atoms. The van der Waals surface area contributed by atoms with E-state index in [1.165, 1.54) is 0 Å². The number of rotatable bonds is 0. The van der Waals surface area contributed by atoms with E-state index in [1.807, 2.05) is 0 Å². The second kappa shape index (κ2) is 3.15. The molecular weight excluding hydrogens is 129 g/mol. The zero-order chi connectivity index (χ0) is 7.56. The molecule has 1 atom stereocenters. The molecule has 2 heteroatoms. The minimum absolute atomic E-state index is 0.406. The van der Waals surface area contributed by atoms with Gasteiger partial charge in [-0.2, -0.15) is 0 Å². The van der Waals surface area contributed by atoms with Gasteiger partial charge < -0.3 is 4.90 Å². The summed E-state index contributed by atoms with van der Waals surface area (Å²) in [5.41, 5.74) is 0.970. The fraction of sp³-hybridized carbons (Fsp3) is 0.750. The van der Waals surface area contributed by atoms with Gasteiger partial charge in [0.05, 0.1) is 6.33 Å². The molecule has 1 aliphatic rings. The number of halogens is 1. The zero-order valence-corrected chi connectivity index (χ0v) is 6.60. The first-order valence-corrected chi connectivity index (χ1v) is 3.71. The molecule has 1 aliphatic heterocycles. The van der Waals surface area contributed by atoms with Gasteiger partial charge in [-0.15, -0.1) is 0 Å². The van der Waals surface area contributed by atoms with E-state index >= 15 is 0 Å². The SMILES string of the molecule is C[C@@H]1CN(C)CC/C1=C\F. The van der Waals surface area contributed by atoms with Crippen LogP contribution in [0.25, 0.3) is 0 Å². The third kappa shape index (κ3) is 1.57. The standard InChI is InChI=1S/C8H14FN/c1-7-6-10(2)4-3-8(7)5-9/h5,7H,3-4,6H2,1-2H3/b8-5+/t7-/m1/s1. The van der Waals surface area contributed by atoms with Gasteiger partial charge in [-0.05, 0) is 25.0 Å². The third-order valence-electron chi connectivity index (χ3n) is 2.14. The van der Waals surface area contributed by atoms with Crippen LogP contribution in [0.4, 0.5) is 4.39 Å². The van der Waals surface area contributed by atoms with Gasteiger partial charge in [0.2, 0.25) is 0 Å². The maximum atomic E-state index is 12.1. The van der Waals surface area contributed by atoms with Crippen LogP contribution >= 0.6 is 0 Å². The first-order valence-electron chi connectivity index (χ1n) is 3.71. The molecule has 0 aliphatic carbocycles. The monoisotopic (exact) mass is 143 g/mol. The Morgan fingerprint density at radius 1 is 1.70 bits per heavy atom. The van der Waals surface area contributed by atoms with Crippen LogP contribution in [-0.2, 0) is 0 Å². The van der Waals surface area contributed by atoms with Crippen LogP contribution in [0.5, 0.6) is 0 Å². The highest BCUT2D eigenvalue weighted by atomic mass is 19.1. The van der Waals surface area contributed by atoms with Crippen molar-refractivity contribution in [2.24, 2.45) is 5.92 Å². The molecule has 1 fully saturated rings. The number of hydrogen-bond donors (Lipinski definition) is 0. The van der Waals surface area contributed by atoms with E-state index < -0.39 is 0 Å².